The van der Waals surface area contributed by atoms with Crippen molar-refractivity contribution in [1.29, 1.82) is 0 Å². The van der Waals surface area contributed by atoms with Crippen LogP contribution >= 0.6 is 0 Å². The van der Waals surface area contributed by atoms with Crippen LogP contribution in [0.3, 0.4) is 0 Å². The van der Waals surface area contributed by atoms with E-state index in [2.05, 4.69) is 0 Å². The maximum atomic E-state index is 14.6. The second kappa shape index (κ2) is 18.3. The van der Waals surface area contributed by atoms with Crippen molar-refractivity contribution in [2.45, 2.75) is 0 Å². The highest BCUT2D eigenvalue weighted by Crippen LogP contribution is 2.40. The van der Waals surface area contributed by atoms with Crippen LogP contribution in [0.1, 0.15) is 0 Å². The van der Waals surface area contributed by atoms with Crippen molar-refractivity contribution in [2.75, 3.05) is 4.90 Å². The van der Waals surface area contributed by atoms with Crippen LogP contribution in [0, 0.1) is 87.3 Å². The van der Waals surface area contributed by atoms with Gasteiger partial charge in [0.15, 0.2) is 69.8 Å². The number of hydrogen-bond donors (Lipinski definition) is 0. The monoisotopic (exact) mass is 971 g/mol. The largest absolute Gasteiger partial charge is 0.311 e. The minimum Gasteiger partial charge on any atom is -0.311 e. The lowest BCUT2D eigenvalue weighted by Gasteiger charge is -2.26. The molecule has 0 aliphatic heterocycles. The number of anilines is 3. The van der Waals surface area contributed by atoms with Gasteiger partial charge in [-0.15, -0.1) is 0 Å². The van der Waals surface area contributed by atoms with Gasteiger partial charge in [-0.1, -0.05) is 109 Å². The summed E-state index contributed by atoms with van der Waals surface area (Å²) in [6.45, 7) is 0. The summed E-state index contributed by atoms with van der Waals surface area (Å²) in [7, 11) is 0. The molecule has 16 heteroatoms. The predicted molar refractivity (Wildman–Crippen MR) is 233 cm³/mol. The molecular formula is C54H24F15N. The Labute approximate surface area is 386 Å². The van der Waals surface area contributed by atoms with Crippen molar-refractivity contribution < 1.29 is 65.9 Å². The fraction of sp³-hybridized carbons (Fsp3) is 0. The fourth-order valence-electron chi connectivity index (χ4n) is 7.92. The molecule has 9 rings (SSSR count). The summed E-state index contributed by atoms with van der Waals surface area (Å²) < 4.78 is 212. The zero-order chi connectivity index (χ0) is 49.9. The third-order valence-corrected chi connectivity index (χ3v) is 11.5. The summed E-state index contributed by atoms with van der Waals surface area (Å²) in [6.07, 6.45) is 0. The number of rotatable bonds is 9. The third kappa shape index (κ3) is 8.07. The SMILES string of the molecule is Fc1c(F)c(F)c(-c2ccc(-c3ccc(N(c4ccc(-c5ccc(-c6c(F)c(F)c(F)c(F)c6F)cc5)cc4)c4ccc(-c5ccc(-c6c(F)c(F)c(F)c(F)c6F)cc5)cc4)cc3)cc2)c(F)c1F. The van der Waals surface area contributed by atoms with Gasteiger partial charge in [0.2, 0.25) is 17.5 Å². The average molecular weight is 972 g/mol. The van der Waals surface area contributed by atoms with E-state index in [4.69, 9.17) is 0 Å². The molecule has 350 valence electrons. The molecule has 0 bridgehead atoms. The van der Waals surface area contributed by atoms with E-state index in [1.54, 1.807) is 72.8 Å². The Morgan fingerprint density at radius 1 is 0.157 bits per heavy atom. The second-order valence-electron chi connectivity index (χ2n) is 15.5. The Morgan fingerprint density at radius 3 is 0.457 bits per heavy atom. The van der Waals surface area contributed by atoms with E-state index in [0.717, 1.165) is 0 Å². The van der Waals surface area contributed by atoms with E-state index < -0.39 is 104 Å². The third-order valence-electron chi connectivity index (χ3n) is 11.5. The van der Waals surface area contributed by atoms with Crippen LogP contribution in [0.5, 0.6) is 0 Å². The molecule has 0 saturated heterocycles. The predicted octanol–water partition coefficient (Wildman–Crippen LogP) is 17.2. The van der Waals surface area contributed by atoms with Crippen LogP contribution in [-0.4, -0.2) is 0 Å². The summed E-state index contributed by atoms with van der Waals surface area (Å²) in [5.41, 5.74) is 0.944. The molecule has 0 aliphatic rings. The van der Waals surface area contributed by atoms with Gasteiger partial charge in [-0.05, 0) is 86.5 Å². The van der Waals surface area contributed by atoms with Crippen LogP contribution < -0.4 is 4.90 Å². The van der Waals surface area contributed by atoms with E-state index >= 15 is 0 Å². The lowest BCUT2D eigenvalue weighted by atomic mass is 9.98. The molecule has 0 aliphatic carbocycles. The normalized spacial score (nSPS) is 11.4. The number of nitrogens with zero attached hydrogens (tertiary/aromatic N) is 1. The van der Waals surface area contributed by atoms with Gasteiger partial charge in [-0.2, -0.15) is 0 Å². The molecule has 70 heavy (non-hydrogen) atoms. The molecule has 0 aromatic heterocycles. The van der Waals surface area contributed by atoms with Crippen molar-refractivity contribution in [1.82, 2.24) is 0 Å². The standard InChI is InChI=1S/C54H24F15N/c55-40-37(41(56)47(62)52(67)46(40)61)31-7-1-25(2-8-31)28-13-19-34(20-14-28)70(35-21-15-29(16-22-35)26-3-9-32(10-4-26)38-42(57)48(63)53(68)49(64)43(38)58)36-23-17-30(18-24-36)27-5-11-33(12-6-27)39-44(59)50(65)54(69)51(66)45(39)60/h1-24H. The Hall–Kier alpha value is -8.27. The van der Waals surface area contributed by atoms with Crippen molar-refractivity contribution >= 4 is 17.1 Å². The van der Waals surface area contributed by atoms with Crippen LogP contribution in [0.25, 0.3) is 66.8 Å². The zero-order valence-corrected chi connectivity index (χ0v) is 35.0. The molecule has 9 aromatic carbocycles. The van der Waals surface area contributed by atoms with Crippen LogP contribution in [0.4, 0.5) is 82.9 Å². The first-order valence-corrected chi connectivity index (χ1v) is 20.4. The van der Waals surface area contributed by atoms with Gasteiger partial charge in [0, 0.05) is 17.1 Å². The molecule has 0 atom stereocenters. The van der Waals surface area contributed by atoms with Gasteiger partial charge in [0.25, 0.3) is 0 Å². The molecule has 0 saturated carbocycles. The van der Waals surface area contributed by atoms with Gasteiger partial charge in [0.1, 0.15) is 0 Å². The minimum atomic E-state index is -2.28. The molecule has 9 aromatic rings. The van der Waals surface area contributed by atoms with Gasteiger partial charge in [-0.25, -0.2) is 65.9 Å². The molecule has 1 nitrogen and oxygen atoms in total. The summed E-state index contributed by atoms with van der Waals surface area (Å²) >= 11 is 0. The quantitative estimate of drug-likeness (QED) is 0.0791. The molecular weight excluding hydrogens is 948 g/mol. The molecule has 0 unspecified atom stereocenters. The van der Waals surface area contributed by atoms with Crippen LogP contribution in [-0.2, 0) is 0 Å². The van der Waals surface area contributed by atoms with Gasteiger partial charge < -0.3 is 4.90 Å². The molecule has 0 N–H and O–H groups in total. The van der Waals surface area contributed by atoms with Crippen molar-refractivity contribution in [3.8, 4) is 66.8 Å². The summed E-state index contributed by atoms with van der Waals surface area (Å²) in [5.74, 6) is -31.3. The van der Waals surface area contributed by atoms with E-state index in [0.29, 0.717) is 50.4 Å². The first-order valence-electron chi connectivity index (χ1n) is 20.4. The van der Waals surface area contributed by atoms with Crippen molar-refractivity contribution in [3.05, 3.63) is 233 Å². The maximum Gasteiger partial charge on any atom is 0.200 e. The first-order chi connectivity index (χ1) is 33.5. The second-order valence-corrected chi connectivity index (χ2v) is 15.5. The Balaban J connectivity index is 1.04. The summed E-state index contributed by atoms with van der Waals surface area (Å²) in [6, 6.07) is 36.4. The number of hydrogen-bond acceptors (Lipinski definition) is 1. The number of halogens is 15. The fourth-order valence-corrected chi connectivity index (χ4v) is 7.92. The lowest BCUT2D eigenvalue weighted by Crippen LogP contribution is -2.09. The van der Waals surface area contributed by atoms with Crippen molar-refractivity contribution in [3.63, 3.8) is 0 Å². The molecule has 0 radical (unpaired) electrons. The van der Waals surface area contributed by atoms with E-state index in [1.807, 2.05) is 4.90 Å². The van der Waals surface area contributed by atoms with E-state index in [9.17, 15) is 65.9 Å². The summed E-state index contributed by atoms with van der Waals surface area (Å²) in [5, 5.41) is 0. The van der Waals surface area contributed by atoms with E-state index in [-0.39, 0.29) is 16.7 Å². The molecule has 0 spiro atoms. The topological polar surface area (TPSA) is 3.24 Å². The first kappa shape index (κ1) is 46.8. The maximum absolute atomic E-state index is 14.6. The van der Waals surface area contributed by atoms with Crippen LogP contribution in [0.2, 0.25) is 0 Å². The van der Waals surface area contributed by atoms with Crippen molar-refractivity contribution in [2.24, 2.45) is 0 Å². The highest BCUT2D eigenvalue weighted by molar-refractivity contribution is 5.82. The number of benzene rings is 9. The smallest absolute Gasteiger partial charge is 0.200 e. The molecule has 0 heterocycles. The minimum absolute atomic E-state index is 0.263. The zero-order valence-electron chi connectivity index (χ0n) is 35.0. The molecule has 0 amide bonds. The van der Waals surface area contributed by atoms with Gasteiger partial charge >= 0.3 is 0 Å². The van der Waals surface area contributed by atoms with Crippen LogP contribution in [0.15, 0.2) is 146 Å². The lowest BCUT2D eigenvalue weighted by molar-refractivity contribution is 0.381. The average Bonchev–Trinajstić information content (AvgIpc) is 3.39. The Bertz CT molecular complexity index is 3030. The highest BCUT2D eigenvalue weighted by Gasteiger charge is 2.29. The highest BCUT2D eigenvalue weighted by atomic mass is 19.2. The Kier molecular flexibility index (Phi) is 12.3. The summed E-state index contributed by atoms with van der Waals surface area (Å²) in [4.78, 5) is 1.82. The van der Waals surface area contributed by atoms with Gasteiger partial charge in [-0.3, -0.25) is 0 Å². The van der Waals surface area contributed by atoms with E-state index in [1.165, 1.54) is 72.8 Å². The van der Waals surface area contributed by atoms with Gasteiger partial charge in [0.05, 0.1) is 16.7 Å². The molecule has 0 fully saturated rings. The Morgan fingerprint density at radius 2 is 0.286 bits per heavy atom.